The summed E-state index contributed by atoms with van der Waals surface area (Å²) in [6.45, 7) is 5.93. The predicted octanol–water partition coefficient (Wildman–Crippen LogP) is 1.33. The maximum atomic E-state index is 5.56. The van der Waals surface area contributed by atoms with Crippen LogP contribution in [-0.2, 0) is 24.8 Å². The molecular formula is C19H27N5O. The molecule has 2 aromatic rings. The van der Waals surface area contributed by atoms with E-state index in [1.165, 1.54) is 17.5 Å². The highest BCUT2D eigenvalue weighted by Crippen LogP contribution is 2.28. The SMILES string of the molecule is Cn1cc(CN2CC[C@H](N3CCOCC3)[C@H]2Cc2cccnc2)cn1. The zero-order valence-electron chi connectivity index (χ0n) is 14.9. The summed E-state index contributed by atoms with van der Waals surface area (Å²) in [5.74, 6) is 0. The van der Waals surface area contributed by atoms with Crippen LogP contribution in [0.25, 0.3) is 0 Å². The highest BCUT2D eigenvalue weighted by atomic mass is 16.5. The van der Waals surface area contributed by atoms with Gasteiger partial charge in [0, 0.05) is 69.5 Å². The zero-order chi connectivity index (χ0) is 17.1. The first kappa shape index (κ1) is 16.7. The van der Waals surface area contributed by atoms with Crippen LogP contribution in [-0.4, -0.2) is 69.5 Å². The molecular weight excluding hydrogens is 314 g/mol. The number of nitrogens with zero attached hydrogens (tertiary/aromatic N) is 5. The van der Waals surface area contributed by atoms with Crippen molar-refractivity contribution < 1.29 is 4.74 Å². The highest BCUT2D eigenvalue weighted by molar-refractivity contribution is 5.14. The van der Waals surface area contributed by atoms with Crippen molar-refractivity contribution in [2.45, 2.75) is 31.5 Å². The molecule has 134 valence electrons. The van der Waals surface area contributed by atoms with E-state index in [2.05, 4.69) is 32.1 Å². The van der Waals surface area contributed by atoms with E-state index in [1.54, 1.807) is 0 Å². The zero-order valence-corrected chi connectivity index (χ0v) is 14.9. The van der Waals surface area contributed by atoms with E-state index in [0.717, 1.165) is 45.8 Å². The predicted molar refractivity (Wildman–Crippen MR) is 96.1 cm³/mol. The van der Waals surface area contributed by atoms with E-state index >= 15 is 0 Å². The van der Waals surface area contributed by atoms with Crippen LogP contribution in [0.15, 0.2) is 36.9 Å². The molecule has 0 unspecified atom stereocenters. The first-order valence-electron chi connectivity index (χ1n) is 9.22. The average molecular weight is 341 g/mol. The van der Waals surface area contributed by atoms with Crippen LogP contribution in [0.5, 0.6) is 0 Å². The van der Waals surface area contributed by atoms with Crippen molar-refractivity contribution in [3.8, 4) is 0 Å². The summed E-state index contributed by atoms with van der Waals surface area (Å²) in [4.78, 5) is 9.57. The number of aryl methyl sites for hydroxylation is 1. The first-order chi connectivity index (χ1) is 12.3. The van der Waals surface area contributed by atoms with Crippen LogP contribution in [0.2, 0.25) is 0 Å². The Morgan fingerprint density at radius 2 is 2.04 bits per heavy atom. The lowest BCUT2D eigenvalue weighted by molar-refractivity contribution is 0.00788. The van der Waals surface area contributed by atoms with Crippen molar-refractivity contribution in [2.24, 2.45) is 7.05 Å². The molecule has 2 saturated heterocycles. The minimum Gasteiger partial charge on any atom is -0.379 e. The molecule has 0 aromatic carbocycles. The van der Waals surface area contributed by atoms with Gasteiger partial charge in [0.15, 0.2) is 0 Å². The maximum Gasteiger partial charge on any atom is 0.0594 e. The van der Waals surface area contributed by atoms with Crippen LogP contribution in [0, 0.1) is 0 Å². The normalized spacial score (nSPS) is 25.5. The molecule has 2 aromatic heterocycles. The largest absolute Gasteiger partial charge is 0.379 e. The Bertz CT molecular complexity index is 667. The molecule has 0 amide bonds. The molecule has 25 heavy (non-hydrogen) atoms. The minimum absolute atomic E-state index is 0.516. The molecule has 0 radical (unpaired) electrons. The van der Waals surface area contributed by atoms with Gasteiger partial charge in [-0.3, -0.25) is 19.5 Å². The molecule has 2 atom stereocenters. The second-order valence-electron chi connectivity index (χ2n) is 7.13. The quantitative estimate of drug-likeness (QED) is 0.821. The molecule has 2 aliphatic rings. The molecule has 0 bridgehead atoms. The summed E-state index contributed by atoms with van der Waals surface area (Å²) in [5, 5.41) is 4.33. The van der Waals surface area contributed by atoms with Crippen LogP contribution in [0.3, 0.4) is 0 Å². The third-order valence-corrected chi connectivity index (χ3v) is 5.45. The fourth-order valence-corrected chi connectivity index (χ4v) is 4.24. The lowest BCUT2D eigenvalue weighted by Gasteiger charge is -2.37. The Balaban J connectivity index is 1.52. The maximum absolute atomic E-state index is 5.56. The third kappa shape index (κ3) is 3.92. The number of aromatic nitrogens is 3. The van der Waals surface area contributed by atoms with E-state index in [1.807, 2.05) is 36.4 Å². The number of pyridine rings is 1. The number of likely N-dealkylation sites (tertiary alicyclic amines) is 1. The number of rotatable bonds is 5. The fraction of sp³-hybridized carbons (Fsp3) is 0.579. The Kier molecular flexibility index (Phi) is 5.10. The van der Waals surface area contributed by atoms with Gasteiger partial charge >= 0.3 is 0 Å². The van der Waals surface area contributed by atoms with Gasteiger partial charge in [0.25, 0.3) is 0 Å². The van der Waals surface area contributed by atoms with Gasteiger partial charge < -0.3 is 4.74 Å². The van der Waals surface area contributed by atoms with Crippen molar-refractivity contribution in [1.82, 2.24) is 24.6 Å². The fourth-order valence-electron chi connectivity index (χ4n) is 4.24. The Labute approximate surface area is 149 Å². The lowest BCUT2D eigenvalue weighted by Crippen LogP contribution is -2.50. The van der Waals surface area contributed by atoms with Crippen molar-refractivity contribution in [3.63, 3.8) is 0 Å². The summed E-state index contributed by atoms with van der Waals surface area (Å²) in [5.41, 5.74) is 2.62. The summed E-state index contributed by atoms with van der Waals surface area (Å²) >= 11 is 0. The molecule has 0 aliphatic carbocycles. The third-order valence-electron chi connectivity index (χ3n) is 5.45. The van der Waals surface area contributed by atoms with Crippen LogP contribution in [0.4, 0.5) is 0 Å². The average Bonchev–Trinajstić information content (AvgIpc) is 3.23. The summed E-state index contributed by atoms with van der Waals surface area (Å²) in [6, 6.07) is 5.35. The van der Waals surface area contributed by atoms with Crippen molar-refractivity contribution in [3.05, 3.63) is 48.0 Å². The van der Waals surface area contributed by atoms with E-state index in [-0.39, 0.29) is 0 Å². The smallest absolute Gasteiger partial charge is 0.0594 e. The van der Waals surface area contributed by atoms with Gasteiger partial charge in [0.2, 0.25) is 0 Å². The van der Waals surface area contributed by atoms with Gasteiger partial charge in [0.1, 0.15) is 0 Å². The van der Waals surface area contributed by atoms with Crippen molar-refractivity contribution in [2.75, 3.05) is 32.8 Å². The molecule has 2 fully saturated rings. The van der Waals surface area contributed by atoms with E-state index in [9.17, 15) is 0 Å². The van der Waals surface area contributed by atoms with Gasteiger partial charge in [-0.05, 0) is 24.5 Å². The first-order valence-corrected chi connectivity index (χ1v) is 9.22. The number of morpholine rings is 1. The van der Waals surface area contributed by atoms with Crippen LogP contribution in [0.1, 0.15) is 17.5 Å². The van der Waals surface area contributed by atoms with E-state index in [4.69, 9.17) is 4.74 Å². The number of hydrogen-bond donors (Lipinski definition) is 0. The van der Waals surface area contributed by atoms with Gasteiger partial charge in [-0.25, -0.2) is 0 Å². The van der Waals surface area contributed by atoms with Gasteiger partial charge in [-0.15, -0.1) is 0 Å². The number of hydrogen-bond acceptors (Lipinski definition) is 5. The topological polar surface area (TPSA) is 46.4 Å². The second kappa shape index (κ2) is 7.64. The molecule has 6 heteroatoms. The lowest BCUT2D eigenvalue weighted by atomic mass is 9.99. The van der Waals surface area contributed by atoms with Crippen LogP contribution >= 0.6 is 0 Å². The molecule has 2 aliphatic heterocycles. The van der Waals surface area contributed by atoms with Crippen molar-refractivity contribution in [1.29, 1.82) is 0 Å². The highest BCUT2D eigenvalue weighted by Gasteiger charge is 2.38. The monoisotopic (exact) mass is 341 g/mol. The summed E-state index contributed by atoms with van der Waals surface area (Å²) in [7, 11) is 1.98. The number of ether oxygens (including phenoxy) is 1. The van der Waals surface area contributed by atoms with E-state index < -0.39 is 0 Å². The van der Waals surface area contributed by atoms with Gasteiger partial charge in [0.05, 0.1) is 19.4 Å². The summed E-state index contributed by atoms with van der Waals surface area (Å²) in [6.07, 6.45) is 10.3. The molecule has 4 heterocycles. The molecule has 0 N–H and O–H groups in total. The standard InChI is InChI=1S/C19H27N5O/c1-22-14-17(13-21-22)15-24-6-4-18(23-7-9-25-10-8-23)19(24)11-16-3-2-5-20-12-16/h2-3,5,12-14,18-19H,4,6-11,15H2,1H3/t18-,19+/m0/s1. The van der Waals surface area contributed by atoms with Crippen LogP contribution < -0.4 is 0 Å². The molecule has 4 rings (SSSR count). The minimum atomic E-state index is 0.516. The second-order valence-corrected chi connectivity index (χ2v) is 7.13. The van der Waals surface area contributed by atoms with E-state index in [0.29, 0.717) is 12.1 Å². The van der Waals surface area contributed by atoms with Crippen molar-refractivity contribution >= 4 is 0 Å². The Hall–Kier alpha value is -1.76. The Morgan fingerprint density at radius 1 is 1.16 bits per heavy atom. The summed E-state index contributed by atoms with van der Waals surface area (Å²) < 4.78 is 7.45. The molecule has 0 saturated carbocycles. The molecule has 0 spiro atoms. The van der Waals surface area contributed by atoms with Gasteiger partial charge in [-0.2, -0.15) is 5.10 Å². The molecule has 6 nitrogen and oxygen atoms in total. The Morgan fingerprint density at radius 3 is 2.76 bits per heavy atom. The van der Waals surface area contributed by atoms with Gasteiger partial charge in [-0.1, -0.05) is 6.07 Å².